The quantitative estimate of drug-likeness (QED) is 0.185. The summed E-state index contributed by atoms with van der Waals surface area (Å²) in [4.78, 5) is 15.4. The Balaban J connectivity index is 1.31. The molecule has 0 bridgehead atoms. The average Bonchev–Trinajstić information content (AvgIpc) is 3.63. The van der Waals surface area contributed by atoms with Gasteiger partial charge in [-0.3, -0.25) is 5.32 Å². The van der Waals surface area contributed by atoms with Gasteiger partial charge in [-0.05, 0) is 70.5 Å². The lowest BCUT2D eigenvalue weighted by atomic mass is 10.0. The van der Waals surface area contributed by atoms with E-state index in [1.807, 2.05) is 13.8 Å². The molecule has 238 valence electrons. The van der Waals surface area contributed by atoms with Crippen molar-refractivity contribution in [3.05, 3.63) is 24.3 Å². The third-order valence-electron chi connectivity index (χ3n) is 8.44. The Morgan fingerprint density at radius 3 is 2.24 bits per heavy atom. The predicted molar refractivity (Wildman–Crippen MR) is 163 cm³/mol. The summed E-state index contributed by atoms with van der Waals surface area (Å²) in [6, 6.07) is 7.13. The van der Waals surface area contributed by atoms with E-state index in [2.05, 4.69) is 17.1 Å². The maximum atomic E-state index is 13.1. The first kappa shape index (κ1) is 33.0. The van der Waals surface area contributed by atoms with Gasteiger partial charge in [-0.1, -0.05) is 64.7 Å². The zero-order valence-corrected chi connectivity index (χ0v) is 26.4. The van der Waals surface area contributed by atoms with Gasteiger partial charge >= 0.3 is 6.09 Å². The molecule has 3 fully saturated rings. The summed E-state index contributed by atoms with van der Waals surface area (Å²) in [6.45, 7) is 9.51. The molecule has 9 heteroatoms. The van der Waals surface area contributed by atoms with Gasteiger partial charge in [0.1, 0.15) is 18.5 Å². The van der Waals surface area contributed by atoms with E-state index in [1.54, 1.807) is 31.4 Å². The number of nitrogens with one attached hydrogen (secondary N) is 1. The molecule has 1 aromatic rings. The number of anilines is 1. The molecule has 42 heavy (non-hydrogen) atoms. The molecular weight excluding hydrogens is 536 g/mol. The Morgan fingerprint density at radius 1 is 0.952 bits per heavy atom. The Labute approximate surface area is 252 Å². The number of carbonyl (C=O) groups is 1. The molecule has 0 aliphatic carbocycles. The van der Waals surface area contributed by atoms with E-state index in [1.165, 1.54) is 51.4 Å². The van der Waals surface area contributed by atoms with Gasteiger partial charge in [0.25, 0.3) is 0 Å². The fraction of sp³-hybridized carbons (Fsp3) is 0.788. The number of amides is 1. The monoisotopic (exact) mass is 590 g/mol. The summed E-state index contributed by atoms with van der Waals surface area (Å²) < 4.78 is 36.8. The third kappa shape index (κ3) is 9.55. The SMILES string of the molecule is CCCCCCCCCCCCOCC12OC(CN3CCCC3)C(OC(=O)Nc3ccc(OC)cc3)C1OC(C)(C)O2. The maximum absolute atomic E-state index is 13.1. The highest BCUT2D eigenvalue weighted by molar-refractivity contribution is 5.84. The van der Waals surface area contributed by atoms with Crippen LogP contribution in [0.5, 0.6) is 5.75 Å². The second kappa shape index (κ2) is 16.2. The minimum atomic E-state index is -1.13. The first-order chi connectivity index (χ1) is 20.3. The average molecular weight is 591 g/mol. The van der Waals surface area contributed by atoms with E-state index < -0.39 is 36.0 Å². The van der Waals surface area contributed by atoms with E-state index >= 15 is 0 Å². The number of benzene rings is 1. The summed E-state index contributed by atoms with van der Waals surface area (Å²) in [6.07, 6.45) is 12.9. The summed E-state index contributed by atoms with van der Waals surface area (Å²) in [5, 5.41) is 2.83. The number of rotatable bonds is 18. The molecule has 4 unspecified atom stereocenters. The molecule has 1 amide bonds. The Hall–Kier alpha value is -1.91. The van der Waals surface area contributed by atoms with Crippen LogP contribution >= 0.6 is 0 Å². The number of methoxy groups -OCH3 is 1. The minimum absolute atomic E-state index is 0.231. The van der Waals surface area contributed by atoms with Gasteiger partial charge in [0.05, 0.1) is 7.11 Å². The van der Waals surface area contributed by atoms with Crippen LogP contribution in [0, 0.1) is 0 Å². The van der Waals surface area contributed by atoms with Gasteiger partial charge < -0.3 is 33.3 Å². The number of nitrogens with zero attached hydrogens (tertiary/aromatic N) is 1. The Bertz CT molecular complexity index is 937. The van der Waals surface area contributed by atoms with Gasteiger partial charge in [-0.2, -0.15) is 0 Å². The normalized spacial score (nSPS) is 26.8. The molecule has 3 aliphatic heterocycles. The highest BCUT2D eigenvalue weighted by Gasteiger charge is 2.66. The third-order valence-corrected chi connectivity index (χ3v) is 8.44. The number of fused-ring (bicyclic) bond motifs is 1. The molecule has 0 radical (unpaired) electrons. The molecule has 4 rings (SSSR count). The molecule has 1 aromatic carbocycles. The van der Waals surface area contributed by atoms with E-state index in [4.69, 9.17) is 28.4 Å². The summed E-state index contributed by atoms with van der Waals surface area (Å²) in [5.41, 5.74) is 0.616. The zero-order valence-electron chi connectivity index (χ0n) is 26.4. The molecule has 4 atom stereocenters. The standard InChI is InChI=1S/C33H54N2O7/c1-5-6-7-8-9-10-11-12-13-16-23-38-25-33-30(41-32(2,3)42-33)29(28(40-33)24-35-21-14-15-22-35)39-31(36)34-26-17-19-27(37-4)20-18-26/h17-20,28-30H,5-16,21-25H2,1-4H3,(H,34,36). The predicted octanol–water partition coefficient (Wildman–Crippen LogP) is 6.89. The number of hydrogen-bond donors (Lipinski definition) is 1. The van der Waals surface area contributed by atoms with Crippen molar-refractivity contribution < 1.29 is 33.2 Å². The zero-order chi connectivity index (χ0) is 29.8. The van der Waals surface area contributed by atoms with E-state index in [0.29, 0.717) is 24.6 Å². The van der Waals surface area contributed by atoms with Gasteiger partial charge in [0.15, 0.2) is 18.0 Å². The molecule has 0 spiro atoms. The second-order valence-corrected chi connectivity index (χ2v) is 12.5. The number of unbranched alkanes of at least 4 members (excludes halogenated alkanes) is 9. The molecule has 3 heterocycles. The Kier molecular flexibility index (Phi) is 12.8. The molecule has 3 saturated heterocycles. The van der Waals surface area contributed by atoms with Gasteiger partial charge in [-0.25, -0.2) is 4.79 Å². The lowest BCUT2D eigenvalue weighted by molar-refractivity contribution is -0.278. The van der Waals surface area contributed by atoms with E-state index in [-0.39, 0.29) is 6.61 Å². The lowest BCUT2D eigenvalue weighted by Gasteiger charge is -2.30. The molecule has 1 N–H and O–H groups in total. The first-order valence-electron chi connectivity index (χ1n) is 16.3. The van der Waals surface area contributed by atoms with Crippen LogP contribution in [0.15, 0.2) is 24.3 Å². The smallest absolute Gasteiger partial charge is 0.412 e. The second-order valence-electron chi connectivity index (χ2n) is 12.5. The topological polar surface area (TPSA) is 87.7 Å². The number of likely N-dealkylation sites (tertiary alicyclic amines) is 1. The number of hydrogen-bond acceptors (Lipinski definition) is 8. The van der Waals surface area contributed by atoms with Crippen molar-refractivity contribution in [2.24, 2.45) is 0 Å². The summed E-state index contributed by atoms with van der Waals surface area (Å²) >= 11 is 0. The molecule has 9 nitrogen and oxygen atoms in total. The number of ether oxygens (including phenoxy) is 6. The molecule has 0 aromatic heterocycles. The van der Waals surface area contributed by atoms with Crippen LogP contribution in [0.25, 0.3) is 0 Å². The fourth-order valence-electron chi connectivity index (χ4n) is 6.32. The van der Waals surface area contributed by atoms with Gasteiger partial charge in [-0.15, -0.1) is 0 Å². The fourth-order valence-corrected chi connectivity index (χ4v) is 6.32. The van der Waals surface area contributed by atoms with Crippen molar-refractivity contribution >= 4 is 11.8 Å². The van der Waals surface area contributed by atoms with Gasteiger partial charge in [0, 0.05) is 18.8 Å². The minimum Gasteiger partial charge on any atom is -0.497 e. The van der Waals surface area contributed by atoms with Crippen LogP contribution in [-0.2, 0) is 23.7 Å². The largest absolute Gasteiger partial charge is 0.497 e. The number of carbonyl (C=O) groups excluding carboxylic acids is 1. The van der Waals surface area contributed by atoms with Crippen LogP contribution < -0.4 is 10.1 Å². The van der Waals surface area contributed by atoms with Crippen LogP contribution in [-0.4, -0.2) is 80.8 Å². The van der Waals surface area contributed by atoms with E-state index in [9.17, 15) is 4.79 Å². The van der Waals surface area contributed by atoms with Crippen molar-refractivity contribution in [3.63, 3.8) is 0 Å². The summed E-state index contributed by atoms with van der Waals surface area (Å²) in [5.74, 6) is -1.31. The maximum Gasteiger partial charge on any atom is 0.412 e. The molecule has 0 saturated carbocycles. The van der Waals surface area contributed by atoms with Crippen LogP contribution in [0.3, 0.4) is 0 Å². The highest BCUT2D eigenvalue weighted by Crippen LogP contribution is 2.47. The van der Waals surface area contributed by atoms with Crippen molar-refractivity contribution in [2.45, 2.75) is 128 Å². The molecule has 3 aliphatic rings. The van der Waals surface area contributed by atoms with Crippen LogP contribution in [0.1, 0.15) is 97.8 Å². The van der Waals surface area contributed by atoms with Crippen molar-refractivity contribution in [3.8, 4) is 5.75 Å². The van der Waals surface area contributed by atoms with Crippen molar-refractivity contribution in [2.75, 3.05) is 45.3 Å². The first-order valence-corrected chi connectivity index (χ1v) is 16.3. The van der Waals surface area contributed by atoms with Crippen molar-refractivity contribution in [1.29, 1.82) is 0 Å². The van der Waals surface area contributed by atoms with Crippen molar-refractivity contribution in [1.82, 2.24) is 4.90 Å². The van der Waals surface area contributed by atoms with Crippen LogP contribution in [0.4, 0.5) is 10.5 Å². The summed E-state index contributed by atoms with van der Waals surface area (Å²) in [7, 11) is 1.61. The molecular formula is C33H54N2O7. The highest BCUT2D eigenvalue weighted by atomic mass is 16.9. The van der Waals surface area contributed by atoms with Crippen LogP contribution in [0.2, 0.25) is 0 Å². The Morgan fingerprint density at radius 2 is 1.60 bits per heavy atom. The van der Waals surface area contributed by atoms with E-state index in [0.717, 1.165) is 38.8 Å². The van der Waals surface area contributed by atoms with Gasteiger partial charge in [0.2, 0.25) is 5.79 Å². The lowest BCUT2D eigenvalue weighted by Crippen LogP contribution is -2.46.